The van der Waals surface area contributed by atoms with E-state index in [4.69, 9.17) is 18.9 Å². The average Bonchev–Trinajstić information content (AvgIpc) is 3.35. The molecule has 0 spiro atoms. The normalized spacial score (nSPS) is 21.5. The van der Waals surface area contributed by atoms with E-state index in [1.807, 2.05) is 18.2 Å². The topological polar surface area (TPSA) is 121 Å². The molecule has 1 heterocycles. The molecule has 0 radical (unpaired) electrons. The number of methoxy groups -OCH3 is 4. The van der Waals surface area contributed by atoms with Crippen LogP contribution >= 0.6 is 11.3 Å². The zero-order valence-electron chi connectivity index (χ0n) is 21.0. The largest absolute Gasteiger partial charge is 0.469 e. The maximum atomic E-state index is 13.3. The van der Waals surface area contributed by atoms with E-state index in [1.54, 1.807) is 31.1 Å². The highest BCUT2D eigenvalue weighted by molar-refractivity contribution is 7.15. The molecule has 0 N–H and O–H groups in total. The highest BCUT2D eigenvalue weighted by Crippen LogP contribution is 2.57. The van der Waals surface area contributed by atoms with Crippen LogP contribution in [0.25, 0.3) is 0 Å². The van der Waals surface area contributed by atoms with Gasteiger partial charge in [0.05, 0.1) is 52.4 Å². The van der Waals surface area contributed by atoms with Crippen molar-refractivity contribution < 1.29 is 38.1 Å². The van der Waals surface area contributed by atoms with E-state index in [0.717, 1.165) is 0 Å². The van der Waals surface area contributed by atoms with Gasteiger partial charge in [-0.1, -0.05) is 30.3 Å². The molecule has 11 heteroatoms. The standard InChI is InChI=1S/C25H30N2O8S/c1-27(2)25-26-20-19(24(31)35-6)18(23(30)34-5)16(13-10-8-7-9-11-13)17(21(20)36-25)14(22(29)33-4)12-15(28)32-3/h7-11,14,16-19H,12H2,1-6H3. The number of ether oxygens (including phenoxy) is 4. The fourth-order valence-electron chi connectivity index (χ4n) is 4.85. The van der Waals surface area contributed by atoms with Gasteiger partial charge in [-0.25, -0.2) is 4.98 Å². The molecule has 2 aromatic rings. The number of carbonyl (C=O) groups is 4. The van der Waals surface area contributed by atoms with E-state index < -0.39 is 53.5 Å². The van der Waals surface area contributed by atoms with Crippen molar-refractivity contribution in [2.75, 3.05) is 47.4 Å². The van der Waals surface area contributed by atoms with E-state index >= 15 is 0 Å². The highest BCUT2D eigenvalue weighted by atomic mass is 32.1. The van der Waals surface area contributed by atoms with Crippen molar-refractivity contribution in [1.29, 1.82) is 0 Å². The maximum Gasteiger partial charge on any atom is 0.315 e. The van der Waals surface area contributed by atoms with Crippen molar-refractivity contribution in [3.8, 4) is 0 Å². The monoisotopic (exact) mass is 518 g/mol. The second kappa shape index (κ2) is 11.5. The summed E-state index contributed by atoms with van der Waals surface area (Å²) >= 11 is 1.29. The molecule has 5 unspecified atom stereocenters. The molecule has 5 atom stereocenters. The van der Waals surface area contributed by atoms with Crippen molar-refractivity contribution in [1.82, 2.24) is 4.98 Å². The van der Waals surface area contributed by atoms with Gasteiger partial charge < -0.3 is 23.8 Å². The molecule has 194 valence electrons. The zero-order valence-corrected chi connectivity index (χ0v) is 21.9. The first kappa shape index (κ1) is 27.1. The summed E-state index contributed by atoms with van der Waals surface area (Å²) in [6.07, 6.45) is -0.289. The van der Waals surface area contributed by atoms with Gasteiger partial charge in [-0.05, 0) is 5.56 Å². The van der Waals surface area contributed by atoms with E-state index in [0.29, 0.717) is 21.3 Å². The Bertz CT molecular complexity index is 1120. The first-order valence-corrected chi connectivity index (χ1v) is 12.0. The molecule has 1 aromatic heterocycles. The second-order valence-electron chi connectivity index (χ2n) is 8.56. The molecule has 0 aliphatic heterocycles. The van der Waals surface area contributed by atoms with Crippen LogP contribution in [0.2, 0.25) is 0 Å². The van der Waals surface area contributed by atoms with E-state index in [2.05, 4.69) is 4.98 Å². The summed E-state index contributed by atoms with van der Waals surface area (Å²) in [5.74, 6) is -7.22. The maximum absolute atomic E-state index is 13.3. The molecule has 1 aromatic carbocycles. The average molecular weight is 519 g/mol. The summed E-state index contributed by atoms with van der Waals surface area (Å²) in [4.78, 5) is 59.1. The van der Waals surface area contributed by atoms with Crippen molar-refractivity contribution in [3.05, 3.63) is 46.5 Å². The number of thiazole rings is 1. The predicted molar refractivity (Wildman–Crippen MR) is 131 cm³/mol. The fraction of sp³-hybridized carbons (Fsp3) is 0.480. The molecule has 0 fully saturated rings. The van der Waals surface area contributed by atoms with Gasteiger partial charge in [0.25, 0.3) is 0 Å². The summed E-state index contributed by atoms with van der Waals surface area (Å²) < 4.78 is 20.3. The molecule has 10 nitrogen and oxygen atoms in total. The van der Waals surface area contributed by atoms with E-state index in [1.165, 1.54) is 39.8 Å². The zero-order chi connectivity index (χ0) is 26.6. The van der Waals surface area contributed by atoms with Crippen LogP contribution in [-0.2, 0) is 38.1 Å². The summed E-state index contributed by atoms with van der Waals surface area (Å²) in [7, 11) is 8.55. The second-order valence-corrected chi connectivity index (χ2v) is 9.57. The number of aromatic nitrogens is 1. The lowest BCUT2D eigenvalue weighted by Crippen LogP contribution is -2.44. The number of fused-ring (bicyclic) bond motifs is 1. The number of anilines is 1. The summed E-state index contributed by atoms with van der Waals surface area (Å²) in [5, 5.41) is 0.568. The number of hydrogen-bond donors (Lipinski definition) is 0. The van der Waals surface area contributed by atoms with Gasteiger partial charge in [-0.2, -0.15) is 0 Å². The van der Waals surface area contributed by atoms with Crippen molar-refractivity contribution in [2.45, 2.75) is 24.2 Å². The molecule has 0 bridgehead atoms. The third-order valence-corrected chi connectivity index (χ3v) is 7.79. The fourth-order valence-corrected chi connectivity index (χ4v) is 6.09. The quantitative estimate of drug-likeness (QED) is 0.381. The van der Waals surface area contributed by atoms with Crippen molar-refractivity contribution in [3.63, 3.8) is 0 Å². The van der Waals surface area contributed by atoms with Crippen LogP contribution in [0, 0.1) is 11.8 Å². The minimum absolute atomic E-state index is 0.289. The van der Waals surface area contributed by atoms with Crippen LogP contribution in [-0.4, -0.2) is 71.4 Å². The van der Waals surface area contributed by atoms with Crippen LogP contribution in [0.1, 0.15) is 40.3 Å². The molecule has 0 amide bonds. The Hall–Kier alpha value is -3.47. The first-order valence-electron chi connectivity index (χ1n) is 11.2. The van der Waals surface area contributed by atoms with Gasteiger partial charge in [0.1, 0.15) is 5.92 Å². The SMILES string of the molecule is COC(=O)CC(C(=O)OC)C1c2sc(N(C)C)nc2C(C(=O)OC)C(C(=O)OC)C1c1ccccc1. The Labute approximate surface area is 213 Å². The summed E-state index contributed by atoms with van der Waals surface area (Å²) in [6.45, 7) is 0. The van der Waals surface area contributed by atoms with Crippen LogP contribution < -0.4 is 4.90 Å². The molecule has 1 aliphatic carbocycles. The van der Waals surface area contributed by atoms with Gasteiger partial charge in [0.2, 0.25) is 0 Å². The van der Waals surface area contributed by atoms with Crippen LogP contribution in [0.3, 0.4) is 0 Å². The number of hydrogen-bond acceptors (Lipinski definition) is 11. The Morgan fingerprint density at radius 1 is 0.944 bits per heavy atom. The Morgan fingerprint density at radius 3 is 2.11 bits per heavy atom. The summed E-state index contributed by atoms with van der Waals surface area (Å²) in [5.41, 5.74) is 1.01. The lowest BCUT2D eigenvalue weighted by atomic mass is 9.61. The lowest BCUT2D eigenvalue weighted by Gasteiger charge is -2.42. The lowest BCUT2D eigenvalue weighted by molar-refractivity contribution is -0.158. The molecular weight excluding hydrogens is 488 g/mol. The van der Waals surface area contributed by atoms with Crippen molar-refractivity contribution >= 4 is 40.3 Å². The van der Waals surface area contributed by atoms with Gasteiger partial charge in [0, 0.05) is 30.8 Å². The predicted octanol–water partition coefficient (Wildman–Crippen LogP) is 2.49. The molecular formula is C25H30N2O8S. The van der Waals surface area contributed by atoms with Crippen molar-refractivity contribution in [2.24, 2.45) is 11.8 Å². The van der Waals surface area contributed by atoms with E-state index in [9.17, 15) is 19.2 Å². The Morgan fingerprint density at radius 2 is 1.58 bits per heavy atom. The number of carbonyl (C=O) groups excluding carboxylic acids is 4. The summed E-state index contributed by atoms with van der Waals surface area (Å²) in [6, 6.07) is 9.05. The van der Waals surface area contributed by atoms with Gasteiger partial charge >= 0.3 is 23.9 Å². The van der Waals surface area contributed by atoms with Gasteiger partial charge in [-0.15, -0.1) is 11.3 Å². The number of nitrogens with zero attached hydrogens (tertiary/aromatic N) is 2. The Balaban J connectivity index is 2.41. The van der Waals surface area contributed by atoms with Crippen LogP contribution in [0.5, 0.6) is 0 Å². The molecule has 0 saturated carbocycles. The van der Waals surface area contributed by atoms with Crippen LogP contribution in [0.4, 0.5) is 5.13 Å². The van der Waals surface area contributed by atoms with Gasteiger partial charge in [-0.3, -0.25) is 19.2 Å². The van der Waals surface area contributed by atoms with E-state index in [-0.39, 0.29) is 6.42 Å². The number of rotatable bonds is 8. The smallest absolute Gasteiger partial charge is 0.315 e. The molecule has 1 aliphatic rings. The minimum Gasteiger partial charge on any atom is -0.469 e. The Kier molecular flexibility index (Phi) is 8.67. The highest BCUT2D eigenvalue weighted by Gasteiger charge is 2.56. The molecule has 3 rings (SSSR count). The first-order chi connectivity index (χ1) is 17.2. The third-order valence-electron chi connectivity index (χ3n) is 6.45. The minimum atomic E-state index is -1.08. The molecule has 36 heavy (non-hydrogen) atoms. The number of benzene rings is 1. The third kappa shape index (κ3) is 5.06. The van der Waals surface area contributed by atoms with Crippen LogP contribution in [0.15, 0.2) is 30.3 Å². The number of esters is 4. The molecule has 0 saturated heterocycles. The van der Waals surface area contributed by atoms with Gasteiger partial charge in [0.15, 0.2) is 5.13 Å².